The molecule has 1 unspecified atom stereocenters. The van der Waals surface area contributed by atoms with Crippen LogP contribution < -0.4 is 0 Å². The molecule has 2 rings (SSSR count). The molecule has 0 bridgehead atoms. The summed E-state index contributed by atoms with van der Waals surface area (Å²) < 4.78 is 5.35. The Morgan fingerprint density at radius 1 is 1.67 bits per heavy atom. The lowest BCUT2D eigenvalue weighted by Crippen LogP contribution is -1.93. The third-order valence-corrected chi connectivity index (χ3v) is 2.23. The van der Waals surface area contributed by atoms with E-state index in [1.54, 1.807) is 6.20 Å². The first-order chi connectivity index (χ1) is 5.75. The Labute approximate surface area is 70.8 Å². The maximum atomic E-state index is 11.0. The average molecular weight is 165 g/mol. The third kappa shape index (κ3) is 1.26. The highest BCUT2D eigenvalue weighted by atomic mass is 16.4. The van der Waals surface area contributed by atoms with Gasteiger partial charge in [-0.15, -0.1) is 0 Å². The molecule has 0 saturated heterocycles. The predicted molar refractivity (Wildman–Crippen MR) is 42.8 cm³/mol. The quantitative estimate of drug-likeness (QED) is 0.637. The summed E-state index contributed by atoms with van der Waals surface area (Å²) in [7, 11) is 0. The van der Waals surface area contributed by atoms with Crippen molar-refractivity contribution in [1.29, 1.82) is 0 Å². The van der Waals surface area contributed by atoms with E-state index in [1.165, 1.54) is 0 Å². The number of aryl methyl sites for hydroxylation is 1. The van der Waals surface area contributed by atoms with Crippen molar-refractivity contribution in [2.75, 3.05) is 0 Å². The van der Waals surface area contributed by atoms with Gasteiger partial charge in [0.15, 0.2) is 5.89 Å². The molecule has 1 aliphatic rings. The molecule has 1 atom stereocenters. The van der Waals surface area contributed by atoms with Crippen LogP contribution in [0.25, 0.3) is 0 Å². The van der Waals surface area contributed by atoms with Crippen LogP contribution in [0.4, 0.5) is 0 Å². The maximum Gasteiger partial charge on any atom is 0.197 e. The van der Waals surface area contributed by atoms with Crippen LogP contribution in [0.1, 0.15) is 36.8 Å². The SMILES string of the molecule is Cc1cnc(C2CCC(=O)C2)o1. The van der Waals surface area contributed by atoms with Crippen LogP contribution in [0.2, 0.25) is 0 Å². The molecule has 0 radical (unpaired) electrons. The monoisotopic (exact) mass is 165 g/mol. The topological polar surface area (TPSA) is 43.1 Å². The van der Waals surface area contributed by atoms with E-state index in [2.05, 4.69) is 4.98 Å². The van der Waals surface area contributed by atoms with Crippen molar-refractivity contribution in [3.8, 4) is 0 Å². The Kier molecular flexibility index (Phi) is 1.71. The number of nitrogens with zero attached hydrogens (tertiary/aromatic N) is 1. The highest BCUT2D eigenvalue weighted by Crippen LogP contribution is 2.31. The Bertz CT molecular complexity index is 303. The number of oxazole rings is 1. The van der Waals surface area contributed by atoms with Gasteiger partial charge in [-0.1, -0.05) is 0 Å². The zero-order valence-corrected chi connectivity index (χ0v) is 7.04. The zero-order valence-electron chi connectivity index (χ0n) is 7.04. The Morgan fingerprint density at radius 2 is 2.50 bits per heavy atom. The molecule has 64 valence electrons. The van der Waals surface area contributed by atoms with E-state index < -0.39 is 0 Å². The van der Waals surface area contributed by atoms with E-state index in [1.807, 2.05) is 6.92 Å². The molecule has 1 fully saturated rings. The lowest BCUT2D eigenvalue weighted by molar-refractivity contribution is -0.117. The molecule has 0 amide bonds. The lowest BCUT2D eigenvalue weighted by Gasteiger charge is -1.99. The van der Waals surface area contributed by atoms with Crippen molar-refractivity contribution in [3.05, 3.63) is 17.8 Å². The molecule has 0 N–H and O–H groups in total. The largest absolute Gasteiger partial charge is 0.446 e. The van der Waals surface area contributed by atoms with Crippen LogP contribution in [0.5, 0.6) is 0 Å². The van der Waals surface area contributed by atoms with Gasteiger partial charge in [0.05, 0.1) is 6.20 Å². The summed E-state index contributed by atoms with van der Waals surface area (Å²) >= 11 is 0. The third-order valence-electron chi connectivity index (χ3n) is 2.23. The van der Waals surface area contributed by atoms with Crippen molar-refractivity contribution in [2.45, 2.75) is 32.1 Å². The number of aromatic nitrogens is 1. The number of ketones is 1. The summed E-state index contributed by atoms with van der Waals surface area (Å²) in [6.45, 7) is 1.87. The summed E-state index contributed by atoms with van der Waals surface area (Å²) in [5.41, 5.74) is 0. The van der Waals surface area contributed by atoms with Gasteiger partial charge in [-0.05, 0) is 13.3 Å². The minimum atomic E-state index is 0.242. The van der Waals surface area contributed by atoms with Gasteiger partial charge in [0.25, 0.3) is 0 Å². The molecule has 12 heavy (non-hydrogen) atoms. The molecule has 3 nitrogen and oxygen atoms in total. The van der Waals surface area contributed by atoms with Crippen molar-refractivity contribution in [3.63, 3.8) is 0 Å². The number of carbonyl (C=O) groups is 1. The zero-order chi connectivity index (χ0) is 8.55. The minimum Gasteiger partial charge on any atom is -0.446 e. The van der Waals surface area contributed by atoms with E-state index >= 15 is 0 Å². The fourth-order valence-corrected chi connectivity index (χ4v) is 1.59. The van der Waals surface area contributed by atoms with Gasteiger partial charge in [0.2, 0.25) is 0 Å². The molecule has 1 saturated carbocycles. The molecular formula is C9H11NO2. The molecule has 0 spiro atoms. The lowest BCUT2D eigenvalue weighted by atomic mass is 10.1. The fraction of sp³-hybridized carbons (Fsp3) is 0.556. The molecular weight excluding hydrogens is 154 g/mol. The molecule has 1 aromatic heterocycles. The number of hydrogen-bond donors (Lipinski definition) is 0. The van der Waals surface area contributed by atoms with Crippen LogP contribution in [0, 0.1) is 6.92 Å². The molecule has 0 aromatic carbocycles. The molecule has 1 aliphatic carbocycles. The second kappa shape index (κ2) is 2.73. The number of rotatable bonds is 1. The van der Waals surface area contributed by atoms with Crippen LogP contribution in [-0.4, -0.2) is 10.8 Å². The molecule has 0 aliphatic heterocycles. The van der Waals surface area contributed by atoms with Gasteiger partial charge < -0.3 is 4.42 Å². The summed E-state index contributed by atoms with van der Waals surface area (Å²) in [4.78, 5) is 15.1. The summed E-state index contributed by atoms with van der Waals surface area (Å²) in [5.74, 6) is 2.13. The van der Waals surface area contributed by atoms with Crippen LogP contribution in [0.3, 0.4) is 0 Å². The van der Waals surface area contributed by atoms with E-state index in [0.717, 1.165) is 18.1 Å². The van der Waals surface area contributed by atoms with Crippen molar-refractivity contribution in [2.24, 2.45) is 0 Å². The smallest absolute Gasteiger partial charge is 0.197 e. The van der Waals surface area contributed by atoms with Crippen LogP contribution >= 0.6 is 0 Å². The van der Waals surface area contributed by atoms with Gasteiger partial charge in [-0.2, -0.15) is 0 Å². The number of Topliss-reactive ketones (excluding diaryl/α,β-unsaturated/α-hetero) is 1. The average Bonchev–Trinajstić information content (AvgIpc) is 2.58. The number of hydrogen-bond acceptors (Lipinski definition) is 3. The van der Waals surface area contributed by atoms with Gasteiger partial charge in [-0.3, -0.25) is 4.79 Å². The van der Waals surface area contributed by atoms with Gasteiger partial charge in [0, 0.05) is 18.8 Å². The number of carbonyl (C=O) groups excluding carboxylic acids is 1. The van der Waals surface area contributed by atoms with Crippen molar-refractivity contribution in [1.82, 2.24) is 4.98 Å². The Balaban J connectivity index is 2.15. The van der Waals surface area contributed by atoms with E-state index in [4.69, 9.17) is 4.42 Å². The first kappa shape index (κ1) is 7.53. The summed E-state index contributed by atoms with van der Waals surface area (Å²) in [5, 5.41) is 0. The van der Waals surface area contributed by atoms with Gasteiger partial charge >= 0.3 is 0 Å². The highest BCUT2D eigenvalue weighted by molar-refractivity contribution is 5.81. The molecule has 3 heteroatoms. The Hall–Kier alpha value is -1.12. The maximum absolute atomic E-state index is 11.0. The van der Waals surface area contributed by atoms with Gasteiger partial charge in [0.1, 0.15) is 11.5 Å². The standard InChI is InChI=1S/C9H11NO2/c1-6-5-10-9(12-6)7-2-3-8(11)4-7/h5,7H,2-4H2,1H3. The first-order valence-electron chi connectivity index (χ1n) is 4.20. The fourth-order valence-electron chi connectivity index (χ4n) is 1.59. The molecule has 1 aromatic rings. The summed E-state index contributed by atoms with van der Waals surface area (Å²) in [6.07, 6.45) is 3.91. The minimum absolute atomic E-state index is 0.242. The second-order valence-electron chi connectivity index (χ2n) is 3.29. The van der Waals surface area contributed by atoms with Crippen LogP contribution in [0.15, 0.2) is 10.6 Å². The van der Waals surface area contributed by atoms with E-state index in [-0.39, 0.29) is 5.92 Å². The van der Waals surface area contributed by atoms with E-state index in [9.17, 15) is 4.79 Å². The van der Waals surface area contributed by atoms with Crippen molar-refractivity contribution >= 4 is 5.78 Å². The van der Waals surface area contributed by atoms with Crippen LogP contribution in [-0.2, 0) is 4.79 Å². The second-order valence-corrected chi connectivity index (χ2v) is 3.29. The summed E-state index contributed by atoms with van der Waals surface area (Å²) in [6, 6.07) is 0. The first-order valence-corrected chi connectivity index (χ1v) is 4.20. The highest BCUT2D eigenvalue weighted by Gasteiger charge is 2.26. The van der Waals surface area contributed by atoms with E-state index in [0.29, 0.717) is 18.6 Å². The normalized spacial score (nSPS) is 23.4. The predicted octanol–water partition coefficient (Wildman–Crippen LogP) is 1.82. The Morgan fingerprint density at radius 3 is 3.00 bits per heavy atom. The molecule has 1 heterocycles. The van der Waals surface area contributed by atoms with Crippen molar-refractivity contribution < 1.29 is 9.21 Å². The van der Waals surface area contributed by atoms with Gasteiger partial charge in [-0.25, -0.2) is 4.98 Å².